The predicted octanol–water partition coefficient (Wildman–Crippen LogP) is 0.171. The molecular formula is C10H17NO4. The minimum Gasteiger partial charge on any atom is -0.444 e. The molecule has 0 aliphatic heterocycles. The molecule has 2 unspecified atom stereocenters. The first kappa shape index (κ1) is 12.0. The largest absolute Gasteiger partial charge is 0.444 e. The van der Waals surface area contributed by atoms with Crippen LogP contribution in [0.2, 0.25) is 0 Å². The van der Waals surface area contributed by atoms with E-state index >= 15 is 0 Å². The molecule has 0 radical (unpaired) electrons. The van der Waals surface area contributed by atoms with Crippen LogP contribution in [0.5, 0.6) is 0 Å². The average Bonchev–Trinajstić information content (AvgIpc) is 2.32. The monoisotopic (exact) mass is 215 g/mol. The zero-order valence-corrected chi connectivity index (χ0v) is 9.10. The molecule has 0 bridgehead atoms. The lowest BCUT2D eigenvalue weighted by atomic mass is 10.1. The molecule has 1 rings (SSSR count). The van der Waals surface area contributed by atoms with Gasteiger partial charge in [-0.25, -0.2) is 4.79 Å². The van der Waals surface area contributed by atoms with Gasteiger partial charge in [0.1, 0.15) is 5.60 Å². The van der Waals surface area contributed by atoms with Crippen molar-refractivity contribution in [1.29, 1.82) is 0 Å². The van der Waals surface area contributed by atoms with E-state index in [9.17, 15) is 15.0 Å². The van der Waals surface area contributed by atoms with Gasteiger partial charge in [-0.05, 0) is 20.8 Å². The molecule has 86 valence electrons. The second-order valence-electron chi connectivity index (χ2n) is 4.54. The molecule has 15 heavy (non-hydrogen) atoms. The van der Waals surface area contributed by atoms with Gasteiger partial charge < -0.3 is 20.3 Å². The summed E-state index contributed by atoms with van der Waals surface area (Å²) < 4.78 is 5.00. The Balaban J connectivity index is 2.45. The van der Waals surface area contributed by atoms with Gasteiger partial charge >= 0.3 is 6.09 Å². The Morgan fingerprint density at radius 1 is 1.27 bits per heavy atom. The lowest BCUT2D eigenvalue weighted by Gasteiger charge is -2.24. The number of hydrogen-bond acceptors (Lipinski definition) is 4. The van der Waals surface area contributed by atoms with Crippen LogP contribution in [0.25, 0.3) is 0 Å². The Morgan fingerprint density at radius 2 is 1.73 bits per heavy atom. The summed E-state index contributed by atoms with van der Waals surface area (Å²) in [6.07, 6.45) is 0.494. The molecule has 0 saturated heterocycles. The third kappa shape index (κ3) is 3.53. The number of aliphatic hydroxyl groups is 2. The van der Waals surface area contributed by atoms with Crippen LogP contribution in [0.4, 0.5) is 4.79 Å². The highest BCUT2D eigenvalue weighted by atomic mass is 16.6. The molecule has 5 heteroatoms. The summed E-state index contributed by atoms with van der Waals surface area (Å²) in [4.78, 5) is 11.3. The van der Waals surface area contributed by atoms with Gasteiger partial charge in [0.2, 0.25) is 0 Å². The average molecular weight is 215 g/mol. The van der Waals surface area contributed by atoms with E-state index in [2.05, 4.69) is 5.32 Å². The van der Waals surface area contributed by atoms with Crippen molar-refractivity contribution in [3.05, 3.63) is 12.2 Å². The van der Waals surface area contributed by atoms with Crippen molar-refractivity contribution >= 4 is 6.09 Å². The SMILES string of the molecule is CC(C)(C)OC(=O)NC1C(O)C=CC1O. The van der Waals surface area contributed by atoms with Gasteiger partial charge in [-0.15, -0.1) is 0 Å². The van der Waals surface area contributed by atoms with Crippen LogP contribution in [0.1, 0.15) is 20.8 Å². The molecule has 5 nitrogen and oxygen atoms in total. The van der Waals surface area contributed by atoms with Gasteiger partial charge in [0.25, 0.3) is 0 Å². The van der Waals surface area contributed by atoms with Crippen LogP contribution in [0.15, 0.2) is 12.2 Å². The molecule has 1 aliphatic rings. The normalized spacial score (nSPS) is 30.3. The van der Waals surface area contributed by atoms with Crippen molar-refractivity contribution < 1.29 is 19.7 Å². The van der Waals surface area contributed by atoms with Gasteiger partial charge in [-0.1, -0.05) is 12.2 Å². The molecule has 0 aromatic rings. The molecule has 0 saturated carbocycles. The first-order valence-electron chi connectivity index (χ1n) is 4.83. The zero-order valence-electron chi connectivity index (χ0n) is 9.10. The fourth-order valence-electron chi connectivity index (χ4n) is 1.28. The lowest BCUT2D eigenvalue weighted by Crippen LogP contribution is -2.48. The van der Waals surface area contributed by atoms with E-state index < -0.39 is 29.9 Å². The van der Waals surface area contributed by atoms with E-state index in [1.165, 1.54) is 12.2 Å². The number of aliphatic hydroxyl groups excluding tert-OH is 2. The number of nitrogens with one attached hydrogen (secondary N) is 1. The number of carbonyl (C=O) groups excluding carboxylic acids is 1. The molecule has 0 spiro atoms. The van der Waals surface area contributed by atoms with Crippen molar-refractivity contribution in [3.63, 3.8) is 0 Å². The summed E-state index contributed by atoms with van der Waals surface area (Å²) in [6.45, 7) is 5.23. The van der Waals surface area contributed by atoms with Crippen LogP contribution in [-0.4, -0.2) is 40.2 Å². The summed E-state index contributed by atoms with van der Waals surface area (Å²) >= 11 is 0. The fourth-order valence-corrected chi connectivity index (χ4v) is 1.28. The quantitative estimate of drug-likeness (QED) is 0.545. The Morgan fingerprint density at radius 3 is 2.13 bits per heavy atom. The van der Waals surface area contributed by atoms with Crippen LogP contribution < -0.4 is 5.32 Å². The highest BCUT2D eigenvalue weighted by molar-refractivity contribution is 5.68. The number of hydrogen-bond donors (Lipinski definition) is 3. The smallest absolute Gasteiger partial charge is 0.408 e. The van der Waals surface area contributed by atoms with E-state index in [0.717, 1.165) is 0 Å². The van der Waals surface area contributed by atoms with Crippen molar-refractivity contribution in [2.75, 3.05) is 0 Å². The van der Waals surface area contributed by atoms with E-state index in [1.807, 2.05) is 0 Å². The topological polar surface area (TPSA) is 78.8 Å². The maximum absolute atomic E-state index is 11.3. The van der Waals surface area contributed by atoms with Crippen molar-refractivity contribution in [1.82, 2.24) is 5.32 Å². The van der Waals surface area contributed by atoms with Gasteiger partial charge in [-0.2, -0.15) is 0 Å². The first-order chi connectivity index (χ1) is 6.79. The number of ether oxygens (including phenoxy) is 1. The number of rotatable bonds is 1. The van der Waals surface area contributed by atoms with E-state index in [-0.39, 0.29) is 0 Å². The Kier molecular flexibility index (Phi) is 3.36. The minimum absolute atomic E-state index is 0.591. The molecule has 2 atom stereocenters. The molecular weight excluding hydrogens is 198 g/mol. The van der Waals surface area contributed by atoms with Gasteiger partial charge in [0, 0.05) is 0 Å². The van der Waals surface area contributed by atoms with Crippen LogP contribution in [0.3, 0.4) is 0 Å². The molecule has 0 fully saturated rings. The molecule has 1 aliphatic carbocycles. The first-order valence-corrected chi connectivity index (χ1v) is 4.83. The number of carbonyl (C=O) groups is 1. The molecule has 0 heterocycles. The predicted molar refractivity (Wildman–Crippen MR) is 54.3 cm³/mol. The van der Waals surface area contributed by atoms with E-state index in [1.54, 1.807) is 20.8 Å². The van der Waals surface area contributed by atoms with Crippen molar-refractivity contribution in [2.24, 2.45) is 0 Å². The Hall–Kier alpha value is -1.07. The number of amides is 1. The maximum Gasteiger partial charge on any atom is 0.408 e. The maximum atomic E-state index is 11.3. The summed E-state index contributed by atoms with van der Waals surface area (Å²) in [6, 6.07) is -0.722. The van der Waals surface area contributed by atoms with Gasteiger partial charge in [0.05, 0.1) is 18.2 Å². The zero-order chi connectivity index (χ0) is 11.6. The van der Waals surface area contributed by atoms with Crippen LogP contribution in [0, 0.1) is 0 Å². The summed E-state index contributed by atoms with van der Waals surface area (Å²) in [5, 5.41) is 21.2. The second kappa shape index (κ2) is 4.20. The highest BCUT2D eigenvalue weighted by Gasteiger charge is 2.31. The molecule has 0 aromatic heterocycles. The lowest BCUT2D eigenvalue weighted by molar-refractivity contribution is 0.0372. The summed E-state index contributed by atoms with van der Waals surface area (Å²) in [5.41, 5.74) is -0.591. The van der Waals surface area contributed by atoms with Gasteiger partial charge in [-0.3, -0.25) is 0 Å². The number of alkyl carbamates (subject to hydrolysis) is 1. The summed E-state index contributed by atoms with van der Waals surface area (Å²) in [5.74, 6) is 0. The Labute approximate surface area is 88.7 Å². The highest BCUT2D eigenvalue weighted by Crippen LogP contribution is 2.13. The van der Waals surface area contributed by atoms with Crippen LogP contribution >= 0.6 is 0 Å². The van der Waals surface area contributed by atoms with Crippen molar-refractivity contribution in [2.45, 2.75) is 44.6 Å². The van der Waals surface area contributed by atoms with Crippen molar-refractivity contribution in [3.8, 4) is 0 Å². The van der Waals surface area contributed by atoms with E-state index in [0.29, 0.717) is 0 Å². The standard InChI is InChI=1S/C10H17NO4/c1-10(2,3)15-9(14)11-8-6(12)4-5-7(8)13/h4-8,12-13H,1-3H3,(H,11,14). The summed E-state index contributed by atoms with van der Waals surface area (Å²) in [7, 11) is 0. The van der Waals surface area contributed by atoms with Crippen LogP contribution in [-0.2, 0) is 4.74 Å². The minimum atomic E-state index is -0.868. The van der Waals surface area contributed by atoms with E-state index in [4.69, 9.17) is 4.74 Å². The van der Waals surface area contributed by atoms with Gasteiger partial charge in [0.15, 0.2) is 0 Å². The second-order valence-corrected chi connectivity index (χ2v) is 4.54. The third-order valence-corrected chi connectivity index (χ3v) is 1.92. The molecule has 3 N–H and O–H groups in total. The third-order valence-electron chi connectivity index (χ3n) is 1.92. The fraction of sp³-hybridized carbons (Fsp3) is 0.700. The molecule has 1 amide bonds. The molecule has 0 aromatic carbocycles. The Bertz CT molecular complexity index is 257.